The van der Waals surface area contributed by atoms with Gasteiger partial charge in [0, 0.05) is 13.7 Å². The number of hydrogen-bond acceptors (Lipinski definition) is 4. The van der Waals surface area contributed by atoms with E-state index in [4.69, 9.17) is 22.7 Å². The van der Waals surface area contributed by atoms with E-state index in [0.29, 0.717) is 5.69 Å². The van der Waals surface area contributed by atoms with Crippen molar-refractivity contribution >= 4 is 17.2 Å². The molecule has 1 rings (SSSR count). The van der Waals surface area contributed by atoms with Crippen molar-refractivity contribution < 1.29 is 4.74 Å². The lowest BCUT2D eigenvalue weighted by atomic mass is 10.2. The largest absolute Gasteiger partial charge is 0.388 e. The van der Waals surface area contributed by atoms with Crippen LogP contribution < -0.4 is 5.73 Å². The number of aryl methyl sites for hydroxylation is 1. The number of ether oxygens (including phenoxy) is 1. The van der Waals surface area contributed by atoms with Crippen molar-refractivity contribution in [3.05, 3.63) is 11.4 Å². The van der Waals surface area contributed by atoms with Gasteiger partial charge in [0.25, 0.3) is 0 Å². The van der Waals surface area contributed by atoms with Gasteiger partial charge in [-0.1, -0.05) is 24.4 Å². The van der Waals surface area contributed by atoms with Crippen LogP contribution in [0, 0.1) is 0 Å². The van der Waals surface area contributed by atoms with Crippen LogP contribution in [-0.2, 0) is 11.3 Å². The van der Waals surface area contributed by atoms with Crippen molar-refractivity contribution in [2.45, 2.75) is 32.9 Å². The van der Waals surface area contributed by atoms with Gasteiger partial charge in [-0.3, -0.25) is 0 Å². The predicted molar refractivity (Wildman–Crippen MR) is 61.6 cm³/mol. The Morgan fingerprint density at radius 3 is 2.80 bits per heavy atom. The second kappa shape index (κ2) is 5.18. The molecule has 0 fully saturated rings. The molecule has 84 valence electrons. The smallest absolute Gasteiger partial charge is 0.145 e. The average Bonchev–Trinajstić information content (AvgIpc) is 2.61. The number of methoxy groups -OCH3 is 1. The van der Waals surface area contributed by atoms with Gasteiger partial charge in [0.15, 0.2) is 0 Å². The average molecular weight is 228 g/mol. The Balaban J connectivity index is 3.13. The molecule has 0 bridgehead atoms. The molecule has 1 heterocycles. The number of thiocarbonyl (C=S) groups is 1. The molecule has 15 heavy (non-hydrogen) atoms. The van der Waals surface area contributed by atoms with Crippen molar-refractivity contribution in [2.24, 2.45) is 5.73 Å². The van der Waals surface area contributed by atoms with Crippen LogP contribution in [0.2, 0.25) is 0 Å². The highest BCUT2D eigenvalue weighted by atomic mass is 32.1. The molecule has 0 aromatic carbocycles. The molecule has 1 unspecified atom stereocenters. The third kappa shape index (κ3) is 2.51. The third-order valence-corrected chi connectivity index (χ3v) is 2.37. The van der Waals surface area contributed by atoms with Crippen molar-refractivity contribution in [1.29, 1.82) is 0 Å². The Bertz CT molecular complexity index is 350. The van der Waals surface area contributed by atoms with Gasteiger partial charge in [0.05, 0.1) is 11.8 Å². The van der Waals surface area contributed by atoms with Gasteiger partial charge in [-0.15, -0.1) is 5.10 Å². The molecule has 1 aromatic rings. The van der Waals surface area contributed by atoms with Crippen LogP contribution in [-0.4, -0.2) is 27.1 Å². The summed E-state index contributed by atoms with van der Waals surface area (Å²) in [4.78, 5) is 0.260. The highest BCUT2D eigenvalue weighted by Gasteiger charge is 2.19. The van der Waals surface area contributed by atoms with Crippen LogP contribution in [0.4, 0.5) is 0 Å². The minimum absolute atomic E-state index is 0.108. The first-order valence-corrected chi connectivity index (χ1v) is 5.28. The molecule has 0 spiro atoms. The van der Waals surface area contributed by atoms with Gasteiger partial charge < -0.3 is 10.5 Å². The lowest BCUT2D eigenvalue weighted by Gasteiger charge is -2.12. The molecule has 2 N–H and O–H groups in total. The molecule has 1 atom stereocenters. The summed E-state index contributed by atoms with van der Waals surface area (Å²) in [5.41, 5.74) is 6.99. The molecule has 0 radical (unpaired) electrons. The first-order valence-electron chi connectivity index (χ1n) is 4.87. The van der Waals surface area contributed by atoms with E-state index in [1.807, 2.05) is 6.92 Å². The van der Waals surface area contributed by atoms with Crippen LogP contribution in [0.1, 0.15) is 37.8 Å². The standard InChI is InChI=1S/C9H16N4OS/c1-4-5-13-8(6(2)14-3)7(9(10)15)11-12-13/h6H,4-5H2,1-3H3,(H2,10,15). The topological polar surface area (TPSA) is 66.0 Å². The Morgan fingerprint density at radius 1 is 1.67 bits per heavy atom. The molecule has 0 saturated heterocycles. The van der Waals surface area contributed by atoms with E-state index in [1.165, 1.54) is 0 Å². The van der Waals surface area contributed by atoms with Gasteiger partial charge in [0.2, 0.25) is 0 Å². The molecule has 0 aliphatic carbocycles. The summed E-state index contributed by atoms with van der Waals surface area (Å²) in [6.07, 6.45) is 0.867. The van der Waals surface area contributed by atoms with Crippen molar-refractivity contribution in [3.63, 3.8) is 0 Å². The van der Waals surface area contributed by atoms with Gasteiger partial charge in [-0.05, 0) is 13.3 Å². The fourth-order valence-electron chi connectivity index (χ4n) is 1.39. The number of nitrogens with zero attached hydrogens (tertiary/aromatic N) is 3. The zero-order valence-electron chi connectivity index (χ0n) is 9.23. The fraction of sp³-hybridized carbons (Fsp3) is 0.667. The highest BCUT2D eigenvalue weighted by molar-refractivity contribution is 7.80. The molecule has 1 aromatic heterocycles. The van der Waals surface area contributed by atoms with Crippen LogP contribution in [0.3, 0.4) is 0 Å². The molecule has 0 aliphatic heterocycles. The van der Waals surface area contributed by atoms with Crippen LogP contribution >= 0.6 is 12.2 Å². The molecular weight excluding hydrogens is 212 g/mol. The second-order valence-corrected chi connectivity index (χ2v) is 3.73. The minimum Gasteiger partial charge on any atom is -0.388 e. The molecule has 6 heteroatoms. The molecule has 0 amide bonds. The van der Waals surface area contributed by atoms with Crippen LogP contribution in [0.15, 0.2) is 0 Å². The Labute approximate surface area is 94.6 Å². The Kier molecular flexibility index (Phi) is 4.16. The zero-order valence-corrected chi connectivity index (χ0v) is 10.0. The van der Waals surface area contributed by atoms with E-state index in [-0.39, 0.29) is 11.1 Å². The number of aromatic nitrogens is 3. The highest BCUT2D eigenvalue weighted by Crippen LogP contribution is 2.18. The maximum Gasteiger partial charge on any atom is 0.145 e. The van der Waals surface area contributed by atoms with Gasteiger partial charge >= 0.3 is 0 Å². The number of rotatable bonds is 5. The Morgan fingerprint density at radius 2 is 2.33 bits per heavy atom. The van der Waals surface area contributed by atoms with Crippen LogP contribution in [0.25, 0.3) is 0 Å². The van der Waals surface area contributed by atoms with E-state index < -0.39 is 0 Å². The predicted octanol–water partition coefficient (Wildman–Crippen LogP) is 1.03. The normalized spacial score (nSPS) is 12.7. The summed E-state index contributed by atoms with van der Waals surface area (Å²) >= 11 is 4.92. The monoisotopic (exact) mass is 228 g/mol. The summed E-state index contributed by atoms with van der Waals surface area (Å²) in [6, 6.07) is 0. The molecule has 0 aliphatic rings. The van der Waals surface area contributed by atoms with E-state index >= 15 is 0 Å². The zero-order chi connectivity index (χ0) is 11.4. The van der Waals surface area contributed by atoms with Gasteiger partial charge in [-0.2, -0.15) is 0 Å². The minimum atomic E-state index is -0.108. The lowest BCUT2D eigenvalue weighted by molar-refractivity contribution is 0.111. The van der Waals surface area contributed by atoms with E-state index in [2.05, 4.69) is 17.2 Å². The van der Waals surface area contributed by atoms with E-state index in [1.54, 1.807) is 11.8 Å². The summed E-state index contributed by atoms with van der Waals surface area (Å²) in [6.45, 7) is 4.79. The lowest BCUT2D eigenvalue weighted by Crippen LogP contribution is -2.16. The molecule has 0 saturated carbocycles. The maximum absolute atomic E-state index is 5.58. The maximum atomic E-state index is 5.58. The first kappa shape index (κ1) is 12.1. The van der Waals surface area contributed by atoms with Gasteiger partial charge in [-0.25, -0.2) is 4.68 Å². The Hall–Kier alpha value is -1.01. The van der Waals surface area contributed by atoms with E-state index in [0.717, 1.165) is 18.7 Å². The molecular formula is C9H16N4OS. The van der Waals surface area contributed by atoms with Crippen molar-refractivity contribution in [2.75, 3.05) is 7.11 Å². The van der Waals surface area contributed by atoms with E-state index in [9.17, 15) is 0 Å². The van der Waals surface area contributed by atoms with Crippen molar-refractivity contribution in [3.8, 4) is 0 Å². The number of nitrogens with two attached hydrogens (primary N) is 1. The summed E-state index contributed by atoms with van der Waals surface area (Å²) < 4.78 is 7.05. The second-order valence-electron chi connectivity index (χ2n) is 3.29. The van der Waals surface area contributed by atoms with Gasteiger partial charge in [0.1, 0.15) is 10.7 Å². The SMILES string of the molecule is CCCn1nnc(C(N)=S)c1C(C)OC. The summed E-state index contributed by atoms with van der Waals surface area (Å²) in [5.74, 6) is 0. The third-order valence-electron chi connectivity index (χ3n) is 2.18. The fourth-order valence-corrected chi connectivity index (χ4v) is 1.53. The first-order chi connectivity index (χ1) is 7.11. The van der Waals surface area contributed by atoms with Crippen molar-refractivity contribution in [1.82, 2.24) is 15.0 Å². The summed E-state index contributed by atoms with van der Waals surface area (Å²) in [5, 5.41) is 7.99. The number of hydrogen-bond donors (Lipinski definition) is 1. The quantitative estimate of drug-likeness (QED) is 0.762. The molecule has 5 nitrogen and oxygen atoms in total. The van der Waals surface area contributed by atoms with Crippen LogP contribution in [0.5, 0.6) is 0 Å². The summed E-state index contributed by atoms with van der Waals surface area (Å²) in [7, 11) is 1.64.